The van der Waals surface area contributed by atoms with Crippen LogP contribution in [0.3, 0.4) is 0 Å². The third kappa shape index (κ3) is 5.86. The molecule has 0 aromatic heterocycles. The minimum absolute atomic E-state index is 0.242. The number of carbonyl (C=O) groups is 2. The fourth-order valence-corrected chi connectivity index (χ4v) is 4.40. The van der Waals surface area contributed by atoms with E-state index in [4.69, 9.17) is 9.47 Å². The minimum atomic E-state index is -0.296. The van der Waals surface area contributed by atoms with Gasteiger partial charge in [-0.05, 0) is 65.7 Å². The summed E-state index contributed by atoms with van der Waals surface area (Å²) in [5.41, 5.74) is 2.71. The maximum Gasteiger partial charge on any atom is 0.293 e. The lowest BCUT2D eigenvalue weighted by atomic mass is 10.1. The molecule has 5 nitrogen and oxygen atoms in total. The van der Waals surface area contributed by atoms with Crippen molar-refractivity contribution in [3.63, 3.8) is 0 Å². The molecule has 1 aliphatic rings. The van der Waals surface area contributed by atoms with Crippen LogP contribution in [0.2, 0.25) is 0 Å². The van der Waals surface area contributed by atoms with Crippen molar-refractivity contribution in [2.24, 2.45) is 0 Å². The highest BCUT2D eigenvalue weighted by Gasteiger charge is 2.35. The predicted molar refractivity (Wildman–Crippen MR) is 134 cm³/mol. The van der Waals surface area contributed by atoms with E-state index in [1.165, 1.54) is 4.90 Å². The maximum atomic E-state index is 12.9. The number of rotatable bonds is 8. The molecule has 33 heavy (non-hydrogen) atoms. The Balaban J connectivity index is 1.50. The molecule has 168 valence electrons. The number of benzene rings is 3. The number of hydrogen-bond donors (Lipinski definition) is 0. The standard InChI is InChI=1S/C26H22BrNO4S/c1-2-31-23-14-20(10-13-22(23)32-17-19-6-4-3-5-7-19)15-24-25(29)28(26(30)33-24)16-18-8-11-21(27)12-9-18/h3-15H,2,16-17H2,1H3/b24-15-. The summed E-state index contributed by atoms with van der Waals surface area (Å²) in [5.74, 6) is 0.924. The second kappa shape index (κ2) is 10.7. The van der Waals surface area contributed by atoms with Crippen molar-refractivity contribution in [3.05, 3.63) is 98.9 Å². The fraction of sp³-hybridized carbons (Fsp3) is 0.154. The van der Waals surface area contributed by atoms with Crippen LogP contribution in [0.4, 0.5) is 4.79 Å². The Bertz CT molecular complexity index is 1180. The van der Waals surface area contributed by atoms with E-state index in [2.05, 4.69) is 15.9 Å². The Morgan fingerprint density at radius 3 is 2.39 bits per heavy atom. The van der Waals surface area contributed by atoms with Crippen molar-refractivity contribution in [3.8, 4) is 11.5 Å². The van der Waals surface area contributed by atoms with Gasteiger partial charge in [0.2, 0.25) is 0 Å². The molecular formula is C26H22BrNO4S. The molecule has 0 N–H and O–H groups in total. The van der Waals surface area contributed by atoms with Crippen LogP contribution in [-0.4, -0.2) is 22.7 Å². The van der Waals surface area contributed by atoms with Crippen LogP contribution >= 0.6 is 27.7 Å². The van der Waals surface area contributed by atoms with E-state index in [1.807, 2.05) is 79.7 Å². The van der Waals surface area contributed by atoms with Gasteiger partial charge in [0.05, 0.1) is 18.1 Å². The van der Waals surface area contributed by atoms with E-state index >= 15 is 0 Å². The van der Waals surface area contributed by atoms with Gasteiger partial charge in [0.25, 0.3) is 11.1 Å². The van der Waals surface area contributed by atoms with Crippen LogP contribution in [0, 0.1) is 0 Å². The highest BCUT2D eigenvalue weighted by molar-refractivity contribution is 9.10. The Kier molecular flexibility index (Phi) is 7.52. The summed E-state index contributed by atoms with van der Waals surface area (Å²) in [5, 5.41) is -0.276. The molecule has 0 spiro atoms. The Hall–Kier alpha value is -3.03. The first-order valence-corrected chi connectivity index (χ1v) is 12.1. The highest BCUT2D eigenvalue weighted by atomic mass is 79.9. The fourth-order valence-electron chi connectivity index (χ4n) is 3.30. The molecule has 1 saturated heterocycles. The zero-order valence-corrected chi connectivity index (χ0v) is 20.4. The molecule has 7 heteroatoms. The van der Waals surface area contributed by atoms with Crippen molar-refractivity contribution in [1.29, 1.82) is 0 Å². The van der Waals surface area contributed by atoms with E-state index in [0.717, 1.165) is 32.9 Å². The number of nitrogens with zero attached hydrogens (tertiary/aromatic N) is 1. The average molecular weight is 524 g/mol. The number of hydrogen-bond acceptors (Lipinski definition) is 5. The van der Waals surface area contributed by atoms with E-state index < -0.39 is 0 Å². The number of imide groups is 1. The summed E-state index contributed by atoms with van der Waals surface area (Å²) in [6, 6.07) is 23.0. The number of amides is 2. The van der Waals surface area contributed by atoms with Gasteiger partial charge in [-0.25, -0.2) is 0 Å². The molecule has 0 saturated carbocycles. The van der Waals surface area contributed by atoms with Crippen LogP contribution in [0.25, 0.3) is 6.08 Å². The smallest absolute Gasteiger partial charge is 0.293 e. The molecule has 0 atom stereocenters. The number of thioether (sulfide) groups is 1. The lowest BCUT2D eigenvalue weighted by molar-refractivity contribution is -0.123. The Morgan fingerprint density at radius 2 is 1.67 bits per heavy atom. The average Bonchev–Trinajstić information content (AvgIpc) is 3.08. The Labute approximate surface area is 205 Å². The third-order valence-corrected chi connectivity index (χ3v) is 6.37. The zero-order chi connectivity index (χ0) is 23.2. The summed E-state index contributed by atoms with van der Waals surface area (Å²) >= 11 is 4.34. The third-order valence-electron chi connectivity index (χ3n) is 4.93. The van der Waals surface area contributed by atoms with E-state index in [-0.39, 0.29) is 17.7 Å². The number of halogens is 1. The summed E-state index contributed by atoms with van der Waals surface area (Å²) in [4.78, 5) is 27.0. The second-order valence-corrected chi connectivity index (χ2v) is 9.22. The van der Waals surface area contributed by atoms with Gasteiger partial charge in [-0.2, -0.15) is 0 Å². The van der Waals surface area contributed by atoms with Gasteiger partial charge in [0, 0.05) is 4.47 Å². The van der Waals surface area contributed by atoms with Crippen molar-refractivity contribution in [2.45, 2.75) is 20.1 Å². The molecule has 4 rings (SSSR count). The van der Waals surface area contributed by atoms with Gasteiger partial charge in [-0.1, -0.05) is 64.5 Å². The van der Waals surface area contributed by atoms with Crippen LogP contribution in [-0.2, 0) is 17.9 Å². The Morgan fingerprint density at radius 1 is 0.909 bits per heavy atom. The summed E-state index contributed by atoms with van der Waals surface area (Å²) in [6.45, 7) is 3.05. The molecule has 0 unspecified atom stereocenters. The van der Waals surface area contributed by atoms with Crippen LogP contribution in [0.15, 0.2) is 82.2 Å². The molecule has 3 aromatic carbocycles. The maximum absolute atomic E-state index is 12.9. The summed E-state index contributed by atoms with van der Waals surface area (Å²) in [7, 11) is 0. The number of ether oxygens (including phenoxy) is 2. The van der Waals surface area contributed by atoms with Crippen LogP contribution in [0.1, 0.15) is 23.6 Å². The lowest BCUT2D eigenvalue weighted by Gasteiger charge is -2.13. The molecule has 1 fully saturated rings. The van der Waals surface area contributed by atoms with Crippen LogP contribution in [0.5, 0.6) is 11.5 Å². The second-order valence-electron chi connectivity index (χ2n) is 7.31. The topological polar surface area (TPSA) is 55.8 Å². The predicted octanol–water partition coefficient (Wildman–Crippen LogP) is 6.66. The summed E-state index contributed by atoms with van der Waals surface area (Å²) < 4.78 is 12.7. The van der Waals surface area contributed by atoms with Crippen molar-refractivity contribution in [1.82, 2.24) is 4.90 Å². The minimum Gasteiger partial charge on any atom is -0.490 e. The molecular weight excluding hydrogens is 502 g/mol. The molecule has 0 radical (unpaired) electrons. The SMILES string of the molecule is CCOc1cc(/C=C2\SC(=O)N(Cc3ccc(Br)cc3)C2=O)ccc1OCc1ccccc1. The molecule has 2 amide bonds. The normalized spacial score (nSPS) is 14.7. The first-order chi connectivity index (χ1) is 16.0. The summed E-state index contributed by atoms with van der Waals surface area (Å²) in [6.07, 6.45) is 1.72. The lowest BCUT2D eigenvalue weighted by Crippen LogP contribution is -2.27. The molecule has 0 bridgehead atoms. The van der Waals surface area contributed by atoms with E-state index in [1.54, 1.807) is 6.08 Å². The first kappa shape index (κ1) is 23.1. The molecule has 0 aliphatic carbocycles. The van der Waals surface area contributed by atoms with Gasteiger partial charge >= 0.3 is 0 Å². The van der Waals surface area contributed by atoms with Crippen molar-refractivity contribution < 1.29 is 19.1 Å². The molecule has 1 heterocycles. The zero-order valence-electron chi connectivity index (χ0n) is 18.0. The largest absolute Gasteiger partial charge is 0.490 e. The van der Waals surface area contributed by atoms with E-state index in [9.17, 15) is 9.59 Å². The monoisotopic (exact) mass is 523 g/mol. The first-order valence-electron chi connectivity index (χ1n) is 10.5. The van der Waals surface area contributed by atoms with Crippen molar-refractivity contribution >= 4 is 44.9 Å². The van der Waals surface area contributed by atoms with Gasteiger partial charge in [-0.3, -0.25) is 14.5 Å². The molecule has 3 aromatic rings. The van der Waals surface area contributed by atoms with E-state index in [0.29, 0.717) is 29.6 Å². The van der Waals surface area contributed by atoms with Gasteiger partial charge in [-0.15, -0.1) is 0 Å². The van der Waals surface area contributed by atoms with Gasteiger partial charge in [0.1, 0.15) is 6.61 Å². The van der Waals surface area contributed by atoms with Gasteiger partial charge < -0.3 is 9.47 Å². The van der Waals surface area contributed by atoms with Gasteiger partial charge in [0.15, 0.2) is 11.5 Å². The molecule has 1 aliphatic heterocycles. The van der Waals surface area contributed by atoms with Crippen LogP contribution < -0.4 is 9.47 Å². The highest BCUT2D eigenvalue weighted by Crippen LogP contribution is 2.35. The quantitative estimate of drug-likeness (QED) is 0.309. The van der Waals surface area contributed by atoms with Crippen molar-refractivity contribution in [2.75, 3.05) is 6.61 Å². The number of carbonyl (C=O) groups excluding carboxylic acids is 2.